The quantitative estimate of drug-likeness (QED) is 0.0384. The van der Waals surface area contributed by atoms with Crippen molar-refractivity contribution >= 4 is 11.9 Å². The number of hydrogen-bond donors (Lipinski definition) is 1. The number of nitrogens with zero attached hydrogens (tertiary/aromatic N) is 1. The van der Waals surface area contributed by atoms with Crippen LogP contribution in [0, 0.1) is 11.8 Å². The van der Waals surface area contributed by atoms with Crippen LogP contribution in [0.5, 0.6) is 0 Å². The zero-order chi connectivity index (χ0) is 39.2. The summed E-state index contributed by atoms with van der Waals surface area (Å²) < 4.78 is 11.5. The molecule has 1 saturated carbocycles. The Labute approximate surface area is 335 Å². The van der Waals surface area contributed by atoms with E-state index in [2.05, 4.69) is 37.5 Å². The lowest BCUT2D eigenvalue weighted by Crippen LogP contribution is -2.35. The second-order valence-corrected chi connectivity index (χ2v) is 16.6. The summed E-state index contributed by atoms with van der Waals surface area (Å²) in [6.45, 7) is 9.43. The lowest BCUT2D eigenvalue weighted by molar-refractivity contribution is -0.150. The predicted octanol–water partition coefficient (Wildman–Crippen LogP) is 13.2. The van der Waals surface area contributed by atoms with Crippen LogP contribution in [-0.2, 0) is 19.1 Å². The topological polar surface area (TPSA) is 76.1 Å². The molecule has 1 aliphatic rings. The Hall–Kier alpha value is -1.58. The Morgan fingerprint density at radius 1 is 0.574 bits per heavy atom. The summed E-state index contributed by atoms with van der Waals surface area (Å²) in [6, 6.07) is 0.511. The van der Waals surface area contributed by atoms with E-state index < -0.39 is 0 Å². The van der Waals surface area contributed by atoms with E-state index in [1.807, 2.05) is 0 Å². The number of aliphatic hydroxyl groups is 1. The van der Waals surface area contributed by atoms with Gasteiger partial charge in [-0.05, 0) is 96.6 Å². The molecule has 1 aliphatic carbocycles. The average molecular weight is 760 g/mol. The van der Waals surface area contributed by atoms with Crippen LogP contribution in [0.2, 0.25) is 0 Å². The van der Waals surface area contributed by atoms with Gasteiger partial charge in [0.05, 0.1) is 12.7 Å². The van der Waals surface area contributed by atoms with Gasteiger partial charge in [-0.2, -0.15) is 0 Å². The molecule has 0 aliphatic heterocycles. The van der Waals surface area contributed by atoms with Crippen LogP contribution in [0.3, 0.4) is 0 Å². The van der Waals surface area contributed by atoms with E-state index in [0.29, 0.717) is 25.5 Å². The highest BCUT2D eigenvalue weighted by Gasteiger charge is 2.27. The molecule has 0 amide bonds. The summed E-state index contributed by atoms with van der Waals surface area (Å²) in [4.78, 5) is 27.5. The van der Waals surface area contributed by atoms with Crippen LogP contribution >= 0.6 is 0 Å². The van der Waals surface area contributed by atoms with Crippen molar-refractivity contribution in [2.75, 3.05) is 19.7 Å². The predicted molar refractivity (Wildman–Crippen MR) is 229 cm³/mol. The average Bonchev–Trinajstić information content (AvgIpc) is 3.60. The third-order valence-corrected chi connectivity index (χ3v) is 11.3. The Balaban J connectivity index is 2.21. The molecule has 316 valence electrons. The van der Waals surface area contributed by atoms with E-state index in [4.69, 9.17) is 9.47 Å². The largest absolute Gasteiger partial charge is 0.466 e. The number of esters is 2. The van der Waals surface area contributed by atoms with E-state index in [1.54, 1.807) is 0 Å². The van der Waals surface area contributed by atoms with Crippen LogP contribution in [0.4, 0.5) is 0 Å². The van der Waals surface area contributed by atoms with Crippen LogP contribution < -0.4 is 0 Å². The molecule has 6 heteroatoms. The number of rotatable bonds is 38. The van der Waals surface area contributed by atoms with Crippen LogP contribution in [0.15, 0.2) is 0 Å². The first-order chi connectivity index (χ1) is 26.5. The molecule has 2 atom stereocenters. The zero-order valence-corrected chi connectivity index (χ0v) is 36.1. The zero-order valence-electron chi connectivity index (χ0n) is 36.1. The monoisotopic (exact) mass is 760 g/mol. The van der Waals surface area contributed by atoms with Gasteiger partial charge in [-0.3, -0.25) is 9.59 Å². The Bertz CT molecular complexity index is 897. The molecule has 0 radical (unpaired) electrons. The van der Waals surface area contributed by atoms with Crippen molar-refractivity contribution in [3.63, 3.8) is 0 Å². The van der Waals surface area contributed by atoms with Crippen molar-refractivity contribution < 1.29 is 24.2 Å². The molecule has 2 unspecified atom stereocenters. The molecular formula is C48H89NO5. The molecule has 0 aromatic heterocycles. The van der Waals surface area contributed by atoms with Crippen molar-refractivity contribution in [2.45, 2.75) is 264 Å². The minimum atomic E-state index is -0.142. The summed E-state index contributed by atoms with van der Waals surface area (Å²) in [5.41, 5.74) is 0. The maximum atomic E-state index is 12.8. The van der Waals surface area contributed by atoms with Gasteiger partial charge in [0, 0.05) is 31.7 Å². The molecule has 0 saturated heterocycles. The van der Waals surface area contributed by atoms with Crippen molar-refractivity contribution in [3.8, 4) is 11.8 Å². The Kier molecular flexibility index (Phi) is 35.8. The second-order valence-electron chi connectivity index (χ2n) is 16.6. The van der Waals surface area contributed by atoms with Gasteiger partial charge < -0.3 is 19.5 Å². The standard InChI is InChI=1S/C48H89NO5/c1-4-7-10-13-16-17-26-33-42-53-47(51)36-29-22-18-24-31-40-49(44-38-39-45(50)43-44)41-32-25-19-23-30-37-48(52)54-46(34-27-20-14-11-8-5-2)35-28-21-15-12-9-6-3/h44-46,50H,4-15,18-43H2,1-3H3. The van der Waals surface area contributed by atoms with Crippen LogP contribution in [0.25, 0.3) is 0 Å². The van der Waals surface area contributed by atoms with Gasteiger partial charge in [0.15, 0.2) is 0 Å². The van der Waals surface area contributed by atoms with Crippen molar-refractivity contribution in [1.82, 2.24) is 4.90 Å². The van der Waals surface area contributed by atoms with E-state index in [1.165, 1.54) is 128 Å². The van der Waals surface area contributed by atoms with Gasteiger partial charge in [-0.1, -0.05) is 136 Å². The molecule has 0 aromatic carbocycles. The van der Waals surface area contributed by atoms with E-state index in [9.17, 15) is 14.7 Å². The lowest BCUT2D eigenvalue weighted by atomic mass is 10.0. The first-order valence-electron chi connectivity index (χ1n) is 23.7. The van der Waals surface area contributed by atoms with Gasteiger partial charge >= 0.3 is 11.9 Å². The van der Waals surface area contributed by atoms with Gasteiger partial charge in [0.1, 0.15) is 6.10 Å². The molecule has 0 aromatic rings. The van der Waals surface area contributed by atoms with E-state index >= 15 is 0 Å². The molecule has 54 heavy (non-hydrogen) atoms. The highest BCUT2D eigenvalue weighted by Crippen LogP contribution is 2.25. The fourth-order valence-corrected chi connectivity index (χ4v) is 7.84. The minimum Gasteiger partial charge on any atom is -0.466 e. The summed E-state index contributed by atoms with van der Waals surface area (Å²) in [6.07, 6.45) is 38.9. The van der Waals surface area contributed by atoms with Crippen molar-refractivity contribution in [2.24, 2.45) is 0 Å². The Morgan fingerprint density at radius 3 is 1.57 bits per heavy atom. The second kappa shape index (κ2) is 38.3. The number of ether oxygens (including phenoxy) is 2. The van der Waals surface area contributed by atoms with Crippen molar-refractivity contribution in [3.05, 3.63) is 0 Å². The third-order valence-electron chi connectivity index (χ3n) is 11.3. The normalized spacial score (nSPS) is 15.5. The van der Waals surface area contributed by atoms with E-state index in [-0.39, 0.29) is 24.1 Å². The molecule has 0 heterocycles. The fraction of sp³-hybridized carbons (Fsp3) is 0.917. The lowest BCUT2D eigenvalue weighted by Gasteiger charge is -2.29. The van der Waals surface area contributed by atoms with E-state index in [0.717, 1.165) is 96.6 Å². The van der Waals surface area contributed by atoms with Crippen molar-refractivity contribution in [1.29, 1.82) is 0 Å². The number of aliphatic hydroxyl groups excluding tert-OH is 1. The smallest absolute Gasteiger partial charge is 0.306 e. The van der Waals surface area contributed by atoms with Gasteiger partial charge in [0.2, 0.25) is 0 Å². The summed E-state index contributed by atoms with van der Waals surface area (Å²) in [5, 5.41) is 10.2. The maximum Gasteiger partial charge on any atom is 0.306 e. The molecule has 6 nitrogen and oxygen atoms in total. The molecule has 1 fully saturated rings. The summed E-state index contributed by atoms with van der Waals surface area (Å²) in [5.74, 6) is 6.36. The number of unbranched alkanes of at least 4 members (excludes halogenated alkanes) is 22. The first-order valence-corrected chi connectivity index (χ1v) is 23.7. The van der Waals surface area contributed by atoms with Gasteiger partial charge in [-0.15, -0.1) is 11.8 Å². The number of carbonyl (C=O) groups excluding carboxylic acids is 2. The summed E-state index contributed by atoms with van der Waals surface area (Å²) in [7, 11) is 0. The number of carbonyl (C=O) groups is 2. The van der Waals surface area contributed by atoms with Gasteiger partial charge in [-0.25, -0.2) is 0 Å². The number of hydrogen-bond acceptors (Lipinski definition) is 6. The van der Waals surface area contributed by atoms with Crippen LogP contribution in [0.1, 0.15) is 245 Å². The molecular weight excluding hydrogens is 671 g/mol. The highest BCUT2D eigenvalue weighted by molar-refractivity contribution is 5.69. The van der Waals surface area contributed by atoms with Gasteiger partial charge in [0.25, 0.3) is 0 Å². The SMILES string of the molecule is CCCCCC#CCCCOC(=O)CCCCCCCN(CCCCCCCC(=O)OC(CCCCCCCC)CCCCCCCC)C1CCC(O)C1. The minimum absolute atomic E-state index is 0.0210. The third kappa shape index (κ3) is 31.6. The summed E-state index contributed by atoms with van der Waals surface area (Å²) >= 11 is 0. The maximum absolute atomic E-state index is 12.8. The van der Waals surface area contributed by atoms with Crippen LogP contribution in [-0.4, -0.2) is 59.9 Å². The highest BCUT2D eigenvalue weighted by atomic mass is 16.5. The molecule has 1 N–H and O–H groups in total. The molecule has 0 spiro atoms. The molecule has 0 bridgehead atoms. The first kappa shape index (κ1) is 50.4. The fourth-order valence-electron chi connectivity index (χ4n) is 7.84. The molecule has 1 rings (SSSR count). The Morgan fingerprint density at radius 2 is 1.04 bits per heavy atom.